The Morgan fingerprint density at radius 2 is 1.66 bits per heavy atom. The third-order valence-corrected chi connectivity index (χ3v) is 9.65. The molecule has 4 aliphatic rings. The second-order valence-electron chi connectivity index (χ2n) is 13.0. The zero-order valence-electron chi connectivity index (χ0n) is 24.8. The maximum Gasteiger partial charge on any atom is 0.253 e. The number of para-hydroxylation sites is 1. The lowest BCUT2D eigenvalue weighted by Crippen LogP contribution is -2.50. The van der Waals surface area contributed by atoms with Crippen molar-refractivity contribution in [2.75, 3.05) is 75.2 Å². The van der Waals surface area contributed by atoms with Crippen molar-refractivity contribution in [2.45, 2.75) is 58.0 Å². The van der Waals surface area contributed by atoms with Crippen LogP contribution in [0.3, 0.4) is 0 Å². The van der Waals surface area contributed by atoms with Gasteiger partial charge in [-0.05, 0) is 85.9 Å². The molecular formula is C33H46FN5O2. The van der Waals surface area contributed by atoms with Gasteiger partial charge in [-0.3, -0.25) is 4.79 Å². The number of nitrogens with zero attached hydrogens (tertiary/aromatic N) is 3. The monoisotopic (exact) mass is 563 g/mol. The quantitative estimate of drug-likeness (QED) is 0.535. The Morgan fingerprint density at radius 1 is 0.902 bits per heavy atom. The van der Waals surface area contributed by atoms with E-state index in [0.29, 0.717) is 43.2 Å². The fourth-order valence-corrected chi connectivity index (χ4v) is 7.02. The summed E-state index contributed by atoms with van der Waals surface area (Å²) in [7, 11) is 0. The fraction of sp³-hybridized carbons (Fsp3) is 0.606. The molecular weight excluding hydrogens is 517 g/mol. The van der Waals surface area contributed by atoms with Gasteiger partial charge in [0.1, 0.15) is 17.7 Å². The molecule has 6 rings (SSSR count). The van der Waals surface area contributed by atoms with Crippen LogP contribution in [0.5, 0.6) is 5.75 Å². The maximum absolute atomic E-state index is 15.2. The molecule has 1 atom stereocenters. The Morgan fingerprint density at radius 3 is 2.37 bits per heavy atom. The van der Waals surface area contributed by atoms with Gasteiger partial charge in [0.15, 0.2) is 0 Å². The van der Waals surface area contributed by atoms with E-state index < -0.39 is 0 Å². The molecule has 0 bridgehead atoms. The number of ether oxygens (including phenoxy) is 1. The highest BCUT2D eigenvalue weighted by atomic mass is 19.1. The molecule has 2 aromatic rings. The highest BCUT2D eigenvalue weighted by Crippen LogP contribution is 2.45. The zero-order valence-corrected chi connectivity index (χ0v) is 24.8. The molecule has 4 fully saturated rings. The van der Waals surface area contributed by atoms with Crippen molar-refractivity contribution in [3.05, 3.63) is 53.3 Å². The summed E-state index contributed by atoms with van der Waals surface area (Å²) in [5.74, 6) is 1.24. The van der Waals surface area contributed by atoms with Crippen LogP contribution in [0.25, 0.3) is 0 Å². The molecule has 1 amide bonds. The van der Waals surface area contributed by atoms with Gasteiger partial charge in [0.25, 0.3) is 5.91 Å². The first-order valence-corrected chi connectivity index (χ1v) is 15.7. The predicted octanol–water partition coefficient (Wildman–Crippen LogP) is 4.62. The molecule has 41 heavy (non-hydrogen) atoms. The standard InChI is InChI=1S/C33H46FN5O2/c1-33(2)11-8-24(9-12-33)27-22-25(6-7-30(27)41-26-10-13-36-23-26)32(40)39-20-18-38(19-21-39)31-28(34)4-3-5-29(31)37-16-14-35-15-17-37/h3-7,22,24,26,35-36H,8-21,23H2,1-2H3/t26-/m0/s1. The molecule has 0 unspecified atom stereocenters. The predicted molar refractivity (Wildman–Crippen MR) is 163 cm³/mol. The molecule has 2 aromatic carbocycles. The van der Waals surface area contributed by atoms with Crippen molar-refractivity contribution in [1.29, 1.82) is 0 Å². The number of hydrogen-bond donors (Lipinski definition) is 2. The number of halogens is 1. The van der Waals surface area contributed by atoms with E-state index in [0.717, 1.165) is 75.5 Å². The summed E-state index contributed by atoms with van der Waals surface area (Å²) < 4.78 is 21.7. The lowest BCUT2D eigenvalue weighted by atomic mass is 9.71. The second-order valence-corrected chi connectivity index (χ2v) is 13.0. The van der Waals surface area contributed by atoms with E-state index in [9.17, 15) is 4.79 Å². The van der Waals surface area contributed by atoms with E-state index in [-0.39, 0.29) is 17.8 Å². The third-order valence-electron chi connectivity index (χ3n) is 9.65. The number of benzene rings is 2. The number of rotatable bonds is 6. The van der Waals surface area contributed by atoms with Gasteiger partial charge in [-0.15, -0.1) is 0 Å². The topological polar surface area (TPSA) is 60.1 Å². The van der Waals surface area contributed by atoms with Crippen LogP contribution in [0, 0.1) is 11.2 Å². The first kappa shape index (κ1) is 28.3. The highest BCUT2D eigenvalue weighted by Gasteiger charge is 2.32. The minimum absolute atomic E-state index is 0.0620. The summed E-state index contributed by atoms with van der Waals surface area (Å²) in [5, 5.41) is 6.77. The summed E-state index contributed by atoms with van der Waals surface area (Å²) in [4.78, 5) is 20.1. The fourth-order valence-electron chi connectivity index (χ4n) is 7.02. The average Bonchev–Trinajstić information content (AvgIpc) is 3.51. The number of carbonyl (C=O) groups is 1. The number of piperazine rings is 2. The van der Waals surface area contributed by atoms with Crippen molar-refractivity contribution in [3.63, 3.8) is 0 Å². The Hall–Kier alpha value is -2.84. The summed E-state index contributed by atoms with van der Waals surface area (Å²) >= 11 is 0. The molecule has 1 aliphatic carbocycles. The Labute approximate surface area is 244 Å². The van der Waals surface area contributed by atoms with Crippen LogP contribution in [0.1, 0.15) is 67.8 Å². The molecule has 3 saturated heterocycles. The molecule has 7 nitrogen and oxygen atoms in total. The van der Waals surface area contributed by atoms with Crippen LogP contribution in [-0.2, 0) is 0 Å². The van der Waals surface area contributed by atoms with Crippen molar-refractivity contribution in [3.8, 4) is 5.75 Å². The van der Waals surface area contributed by atoms with Crippen molar-refractivity contribution >= 4 is 17.3 Å². The van der Waals surface area contributed by atoms with Crippen LogP contribution in [0.2, 0.25) is 0 Å². The normalized spacial score (nSPS) is 23.6. The molecule has 0 spiro atoms. The number of amides is 1. The molecule has 8 heteroatoms. The van der Waals surface area contributed by atoms with E-state index in [1.54, 1.807) is 12.1 Å². The van der Waals surface area contributed by atoms with Gasteiger partial charge in [0.05, 0.1) is 11.4 Å². The molecule has 1 saturated carbocycles. The maximum atomic E-state index is 15.2. The summed E-state index contributed by atoms with van der Waals surface area (Å²) in [6.45, 7) is 12.5. The molecule has 3 aliphatic heterocycles. The number of nitrogens with one attached hydrogen (secondary N) is 2. The zero-order chi connectivity index (χ0) is 28.4. The molecule has 0 radical (unpaired) electrons. The number of carbonyl (C=O) groups excluding carboxylic acids is 1. The number of hydrogen-bond acceptors (Lipinski definition) is 6. The van der Waals surface area contributed by atoms with Crippen molar-refractivity contribution < 1.29 is 13.9 Å². The lowest BCUT2D eigenvalue weighted by Gasteiger charge is -2.39. The van der Waals surface area contributed by atoms with Crippen LogP contribution in [-0.4, -0.2) is 82.4 Å². The van der Waals surface area contributed by atoms with Gasteiger partial charge < -0.3 is 30.1 Å². The Balaban J connectivity index is 1.17. The van der Waals surface area contributed by atoms with Gasteiger partial charge in [0, 0.05) is 64.5 Å². The van der Waals surface area contributed by atoms with Crippen molar-refractivity contribution in [1.82, 2.24) is 15.5 Å². The molecule has 3 heterocycles. The summed E-state index contributed by atoms with van der Waals surface area (Å²) in [6, 6.07) is 11.5. The van der Waals surface area contributed by atoms with Crippen LogP contribution in [0.15, 0.2) is 36.4 Å². The van der Waals surface area contributed by atoms with Gasteiger partial charge in [0.2, 0.25) is 0 Å². The van der Waals surface area contributed by atoms with Gasteiger partial charge in [-0.25, -0.2) is 4.39 Å². The smallest absolute Gasteiger partial charge is 0.253 e. The first-order chi connectivity index (χ1) is 19.9. The van der Waals surface area contributed by atoms with Gasteiger partial charge >= 0.3 is 0 Å². The SMILES string of the molecule is CC1(C)CCC(c2cc(C(=O)N3CCN(c4c(F)cccc4N4CCNCC4)CC3)ccc2O[C@H]2CCNC2)CC1. The third kappa shape index (κ3) is 6.33. The van der Waals surface area contributed by atoms with Gasteiger partial charge in [-0.1, -0.05) is 19.9 Å². The van der Waals surface area contributed by atoms with E-state index in [1.807, 2.05) is 23.1 Å². The largest absolute Gasteiger partial charge is 0.489 e. The Kier molecular flexibility index (Phi) is 8.40. The van der Waals surface area contributed by atoms with E-state index in [2.05, 4.69) is 40.3 Å². The minimum Gasteiger partial charge on any atom is -0.489 e. The lowest BCUT2D eigenvalue weighted by molar-refractivity contribution is 0.0746. The van der Waals surface area contributed by atoms with Crippen LogP contribution < -0.4 is 25.2 Å². The van der Waals surface area contributed by atoms with Crippen LogP contribution in [0.4, 0.5) is 15.8 Å². The molecule has 0 aromatic heterocycles. The molecule has 222 valence electrons. The average molecular weight is 564 g/mol. The molecule has 2 N–H and O–H groups in total. The minimum atomic E-state index is -0.186. The summed E-state index contributed by atoms with van der Waals surface area (Å²) in [5.41, 5.74) is 3.95. The number of anilines is 2. The van der Waals surface area contributed by atoms with Crippen molar-refractivity contribution in [2.24, 2.45) is 5.41 Å². The van der Waals surface area contributed by atoms with E-state index in [1.165, 1.54) is 18.4 Å². The Bertz CT molecular complexity index is 1210. The van der Waals surface area contributed by atoms with E-state index in [4.69, 9.17) is 4.74 Å². The van der Waals surface area contributed by atoms with E-state index >= 15 is 4.39 Å². The summed E-state index contributed by atoms with van der Waals surface area (Å²) in [6.07, 6.45) is 5.83. The highest BCUT2D eigenvalue weighted by molar-refractivity contribution is 5.95. The first-order valence-electron chi connectivity index (χ1n) is 15.7. The van der Waals surface area contributed by atoms with Crippen LogP contribution >= 0.6 is 0 Å². The van der Waals surface area contributed by atoms with Gasteiger partial charge in [-0.2, -0.15) is 0 Å². The second kappa shape index (κ2) is 12.2.